The maximum atomic E-state index is 13.8. The highest BCUT2D eigenvalue weighted by Gasteiger charge is 2.47. The van der Waals surface area contributed by atoms with Crippen molar-refractivity contribution >= 4 is 18.9 Å². The van der Waals surface area contributed by atoms with Gasteiger partial charge in [-0.25, -0.2) is 4.98 Å². The maximum absolute atomic E-state index is 13.8. The molecule has 0 radical (unpaired) electrons. The Hall–Kier alpha value is -2.82. The summed E-state index contributed by atoms with van der Waals surface area (Å²) >= 11 is 0. The van der Waals surface area contributed by atoms with Gasteiger partial charge in [-0.2, -0.15) is 0 Å². The number of rotatable bonds is 15. The summed E-state index contributed by atoms with van der Waals surface area (Å²) in [6, 6.07) is 8.90. The minimum Gasteiger partial charge on any atom is -0.413 e. The van der Waals surface area contributed by atoms with Crippen molar-refractivity contribution in [1.82, 2.24) is 25.4 Å². The summed E-state index contributed by atoms with van der Waals surface area (Å²) in [5.41, 5.74) is 6.48. The van der Waals surface area contributed by atoms with Crippen LogP contribution in [0.3, 0.4) is 0 Å². The summed E-state index contributed by atoms with van der Waals surface area (Å²) in [6.07, 6.45) is 10.9. The number of nitrogens with one attached hydrogen (secondary N) is 2. The van der Waals surface area contributed by atoms with Gasteiger partial charge in [-0.15, -0.1) is 0 Å². The number of aromatic nitrogens is 2. The first-order valence-electron chi connectivity index (χ1n) is 14.2. The minimum absolute atomic E-state index is 0.170. The Morgan fingerprint density at radius 3 is 2.54 bits per heavy atom. The summed E-state index contributed by atoms with van der Waals surface area (Å²) in [7, 11) is 1.81. The molecule has 0 spiro atoms. The maximum Gasteiger partial charge on any atom is 0.406 e. The van der Waals surface area contributed by atoms with Crippen LogP contribution in [-0.2, 0) is 15.9 Å². The minimum atomic E-state index is -0.780. The van der Waals surface area contributed by atoms with Gasteiger partial charge < -0.3 is 25.8 Å². The van der Waals surface area contributed by atoms with E-state index in [-0.39, 0.29) is 30.2 Å². The van der Waals surface area contributed by atoms with Gasteiger partial charge in [0.1, 0.15) is 11.7 Å². The quantitative estimate of drug-likeness (QED) is 0.236. The highest BCUT2D eigenvalue weighted by atomic mass is 16.5. The fourth-order valence-corrected chi connectivity index (χ4v) is 5.31. The van der Waals surface area contributed by atoms with E-state index in [9.17, 15) is 9.59 Å². The van der Waals surface area contributed by atoms with E-state index >= 15 is 0 Å². The van der Waals surface area contributed by atoms with Crippen LogP contribution in [0.25, 0.3) is 0 Å². The number of likely N-dealkylation sites (N-methyl/N-ethyl adjacent to an activating group) is 1. The Kier molecular flexibility index (Phi) is 11.9. The number of nitrogens with two attached hydrogens (primary N) is 1. The fraction of sp³-hybridized carbons (Fsp3) is 0.586. The second kappa shape index (κ2) is 15.1. The first-order chi connectivity index (χ1) is 18.7. The van der Waals surface area contributed by atoms with Crippen molar-refractivity contribution < 1.29 is 14.2 Å². The normalized spacial score (nSPS) is 19.2. The van der Waals surface area contributed by atoms with Crippen LogP contribution in [0.2, 0.25) is 0 Å². The zero-order valence-electron chi connectivity index (χ0n) is 23.9. The number of hydrogen-bond acceptors (Lipinski definition) is 7. The van der Waals surface area contributed by atoms with Gasteiger partial charge in [0.25, 0.3) is 5.91 Å². The Balaban J connectivity index is 1.73. The first kappa shape index (κ1) is 30.7. The largest absolute Gasteiger partial charge is 0.413 e. The third-order valence-corrected chi connectivity index (χ3v) is 7.18. The van der Waals surface area contributed by atoms with E-state index in [1.54, 1.807) is 0 Å². The lowest BCUT2D eigenvalue weighted by Gasteiger charge is -2.29. The molecule has 1 aliphatic rings. The molecule has 1 saturated heterocycles. The fourth-order valence-electron chi connectivity index (χ4n) is 5.31. The monoisotopic (exact) mass is 536 g/mol. The van der Waals surface area contributed by atoms with Gasteiger partial charge >= 0.3 is 7.05 Å². The van der Waals surface area contributed by atoms with Crippen molar-refractivity contribution in [2.24, 2.45) is 11.7 Å². The van der Waals surface area contributed by atoms with Crippen molar-refractivity contribution in [3.8, 4) is 0 Å². The van der Waals surface area contributed by atoms with Gasteiger partial charge in [-0.3, -0.25) is 14.6 Å². The number of hydrogen-bond donors (Lipinski definition) is 3. The van der Waals surface area contributed by atoms with Gasteiger partial charge in [-0.1, -0.05) is 63.4 Å². The van der Waals surface area contributed by atoms with Crippen LogP contribution in [0.1, 0.15) is 75.3 Å². The average Bonchev–Trinajstić information content (AvgIpc) is 3.22. The van der Waals surface area contributed by atoms with E-state index in [0.717, 1.165) is 57.2 Å². The van der Waals surface area contributed by atoms with E-state index in [2.05, 4.69) is 53.2 Å². The Morgan fingerprint density at radius 2 is 1.87 bits per heavy atom. The summed E-state index contributed by atoms with van der Waals surface area (Å²) in [5.74, 6) is -0.560. The predicted octanol–water partition coefficient (Wildman–Crippen LogP) is 3.01. The van der Waals surface area contributed by atoms with Crippen molar-refractivity contribution in [2.45, 2.75) is 83.3 Å². The van der Waals surface area contributed by atoms with Crippen LogP contribution < -0.4 is 16.4 Å². The molecular weight excluding hydrogens is 491 g/mol. The summed E-state index contributed by atoms with van der Waals surface area (Å²) in [6.45, 7) is 7.99. The Labute approximate surface area is 233 Å². The highest BCUT2D eigenvalue weighted by Crippen LogP contribution is 2.30. The van der Waals surface area contributed by atoms with Crippen LogP contribution >= 0.6 is 0 Å². The van der Waals surface area contributed by atoms with Gasteiger partial charge in [0.2, 0.25) is 5.91 Å². The van der Waals surface area contributed by atoms with Crippen LogP contribution in [0.15, 0.2) is 48.9 Å². The molecule has 3 atom stereocenters. The van der Waals surface area contributed by atoms with Crippen LogP contribution in [0.5, 0.6) is 0 Å². The molecule has 3 rings (SSSR count). The molecule has 0 saturated carbocycles. The Bertz CT molecular complexity index is 1030. The third kappa shape index (κ3) is 9.71. The SMILES string of the molecule is CC(C)C[C@H](NC(=O)[C@H](Cc1ccccc1)NC(=O)c1cnccn1)B1OC(C)(CCCCCCN)CN1C. The van der Waals surface area contributed by atoms with Gasteiger partial charge in [0, 0.05) is 25.4 Å². The van der Waals surface area contributed by atoms with Crippen molar-refractivity contribution in [3.05, 3.63) is 60.2 Å². The standard InChI is InChI=1S/C29H45BN6O3/c1-22(2)18-26(30-36(4)21-29(3,39-30)14-10-5-6-11-15-31)35-27(37)24(19-23-12-8-7-9-13-23)34-28(38)25-20-32-16-17-33-25/h7-9,12-13,16-17,20,22,24,26H,5-6,10-11,14-15,18-19,21,31H2,1-4H3,(H,34,38)(H,35,37)/t24-,26-,29?/m0/s1. The van der Waals surface area contributed by atoms with E-state index in [4.69, 9.17) is 10.4 Å². The predicted molar refractivity (Wildman–Crippen MR) is 155 cm³/mol. The summed E-state index contributed by atoms with van der Waals surface area (Å²) < 4.78 is 6.66. The number of unbranched alkanes of at least 4 members (excludes halogenated alkanes) is 3. The summed E-state index contributed by atoms with van der Waals surface area (Å²) in [4.78, 5) is 37.0. The molecule has 212 valence electrons. The molecule has 0 bridgehead atoms. The van der Waals surface area contributed by atoms with Gasteiger partial charge in [0.05, 0.1) is 17.7 Å². The number of carbonyl (C=O) groups excluding carboxylic acids is 2. The first-order valence-corrected chi connectivity index (χ1v) is 14.2. The van der Waals surface area contributed by atoms with Crippen LogP contribution in [-0.4, -0.2) is 71.4 Å². The molecule has 2 heterocycles. The van der Waals surface area contributed by atoms with E-state index in [1.165, 1.54) is 18.6 Å². The highest BCUT2D eigenvalue weighted by molar-refractivity contribution is 6.51. The molecule has 2 aromatic rings. The van der Waals surface area contributed by atoms with E-state index < -0.39 is 11.9 Å². The van der Waals surface area contributed by atoms with Gasteiger partial charge in [0.15, 0.2) is 0 Å². The Morgan fingerprint density at radius 1 is 1.13 bits per heavy atom. The lowest BCUT2D eigenvalue weighted by molar-refractivity contribution is -0.123. The number of carbonyl (C=O) groups is 2. The van der Waals surface area contributed by atoms with Crippen molar-refractivity contribution in [3.63, 3.8) is 0 Å². The summed E-state index contributed by atoms with van der Waals surface area (Å²) in [5, 5.41) is 6.14. The number of benzene rings is 1. The molecule has 39 heavy (non-hydrogen) atoms. The smallest absolute Gasteiger partial charge is 0.406 e. The molecular formula is C29H45BN6O3. The molecule has 2 amide bonds. The number of nitrogens with zero attached hydrogens (tertiary/aromatic N) is 3. The molecule has 1 fully saturated rings. The molecule has 1 aromatic heterocycles. The lowest BCUT2D eigenvalue weighted by Crippen LogP contribution is -2.58. The topological polar surface area (TPSA) is 122 Å². The zero-order valence-corrected chi connectivity index (χ0v) is 23.9. The second-order valence-corrected chi connectivity index (χ2v) is 11.4. The molecule has 9 nitrogen and oxygen atoms in total. The van der Waals surface area contributed by atoms with Crippen LogP contribution in [0.4, 0.5) is 0 Å². The molecule has 1 aromatic carbocycles. The van der Waals surface area contributed by atoms with Crippen LogP contribution in [0, 0.1) is 5.92 Å². The van der Waals surface area contributed by atoms with Gasteiger partial charge in [-0.05, 0) is 51.3 Å². The number of amides is 2. The van der Waals surface area contributed by atoms with E-state index in [0.29, 0.717) is 12.3 Å². The average molecular weight is 537 g/mol. The lowest BCUT2D eigenvalue weighted by atomic mass is 9.68. The van der Waals surface area contributed by atoms with E-state index in [1.807, 2.05) is 30.3 Å². The zero-order chi connectivity index (χ0) is 28.3. The molecule has 10 heteroatoms. The molecule has 1 unspecified atom stereocenters. The molecule has 4 N–H and O–H groups in total. The van der Waals surface area contributed by atoms with Crippen molar-refractivity contribution in [2.75, 3.05) is 20.1 Å². The molecule has 1 aliphatic heterocycles. The van der Waals surface area contributed by atoms with Crippen molar-refractivity contribution in [1.29, 1.82) is 0 Å². The second-order valence-electron chi connectivity index (χ2n) is 11.4. The third-order valence-electron chi connectivity index (χ3n) is 7.18. The molecule has 0 aliphatic carbocycles.